The highest BCUT2D eigenvalue weighted by atomic mass is 79.9. The molecule has 0 spiro atoms. The van der Waals surface area contributed by atoms with Gasteiger partial charge in [-0.25, -0.2) is 0 Å². The van der Waals surface area contributed by atoms with E-state index in [0.29, 0.717) is 0 Å². The van der Waals surface area contributed by atoms with Crippen LogP contribution in [0, 0.1) is 12.8 Å². The molecule has 1 aromatic rings. The van der Waals surface area contributed by atoms with Gasteiger partial charge in [0.05, 0.1) is 0 Å². The number of rotatable bonds is 5. The first-order valence-electron chi connectivity index (χ1n) is 5.08. The van der Waals surface area contributed by atoms with Gasteiger partial charge in [-0.15, -0.1) is 11.3 Å². The molecule has 0 aromatic carbocycles. The van der Waals surface area contributed by atoms with Crippen molar-refractivity contribution in [3.05, 3.63) is 20.3 Å². The lowest BCUT2D eigenvalue weighted by Crippen LogP contribution is -2.06. The largest absolute Gasteiger partial charge is 0.330 e. The van der Waals surface area contributed by atoms with Crippen LogP contribution < -0.4 is 5.73 Å². The molecular formula is C11H18BrNS. The Kier molecular flexibility index (Phi) is 5.13. The molecule has 1 aromatic heterocycles. The lowest BCUT2D eigenvalue weighted by molar-refractivity contribution is 0.501. The lowest BCUT2D eigenvalue weighted by atomic mass is 10.0. The molecule has 1 heterocycles. The number of hydrogen-bond acceptors (Lipinski definition) is 2. The molecule has 2 N–H and O–H groups in total. The van der Waals surface area contributed by atoms with E-state index in [2.05, 4.69) is 35.8 Å². The van der Waals surface area contributed by atoms with Gasteiger partial charge in [0.15, 0.2) is 0 Å². The first kappa shape index (κ1) is 12.2. The topological polar surface area (TPSA) is 26.0 Å². The van der Waals surface area contributed by atoms with Gasteiger partial charge in [0.25, 0.3) is 0 Å². The first-order valence-corrected chi connectivity index (χ1v) is 6.69. The smallest absolute Gasteiger partial charge is 0.0314 e. The van der Waals surface area contributed by atoms with Crippen molar-refractivity contribution in [2.24, 2.45) is 11.7 Å². The summed E-state index contributed by atoms with van der Waals surface area (Å²) >= 11 is 5.44. The average Bonchev–Trinajstić information content (AvgIpc) is 2.44. The third-order valence-electron chi connectivity index (χ3n) is 2.45. The third kappa shape index (κ3) is 3.71. The van der Waals surface area contributed by atoms with Crippen molar-refractivity contribution in [2.45, 2.75) is 33.1 Å². The predicted octanol–water partition coefficient (Wildman–Crippen LogP) is 3.74. The molecule has 1 unspecified atom stereocenters. The molecule has 80 valence electrons. The third-order valence-corrected chi connectivity index (χ3v) is 4.65. The molecule has 14 heavy (non-hydrogen) atoms. The lowest BCUT2D eigenvalue weighted by Gasteiger charge is -2.07. The van der Waals surface area contributed by atoms with Gasteiger partial charge < -0.3 is 5.73 Å². The van der Waals surface area contributed by atoms with Gasteiger partial charge in [-0.2, -0.15) is 0 Å². The van der Waals surface area contributed by atoms with Crippen LogP contribution in [0.5, 0.6) is 0 Å². The van der Waals surface area contributed by atoms with Crippen LogP contribution in [0.25, 0.3) is 0 Å². The van der Waals surface area contributed by atoms with Gasteiger partial charge in [0.1, 0.15) is 0 Å². The fourth-order valence-electron chi connectivity index (χ4n) is 1.46. The molecule has 0 saturated heterocycles. The number of hydrogen-bond donors (Lipinski definition) is 1. The van der Waals surface area contributed by atoms with Crippen LogP contribution in [0.2, 0.25) is 0 Å². The molecule has 1 nitrogen and oxygen atoms in total. The highest BCUT2D eigenvalue weighted by Crippen LogP contribution is 2.28. The zero-order chi connectivity index (χ0) is 10.6. The summed E-state index contributed by atoms with van der Waals surface area (Å²) in [6.07, 6.45) is 3.59. The maximum atomic E-state index is 5.52. The molecule has 0 aliphatic heterocycles. The van der Waals surface area contributed by atoms with Crippen LogP contribution in [0.15, 0.2) is 10.5 Å². The van der Waals surface area contributed by atoms with Crippen molar-refractivity contribution in [2.75, 3.05) is 6.54 Å². The Morgan fingerprint density at radius 1 is 1.50 bits per heavy atom. The average molecular weight is 276 g/mol. The van der Waals surface area contributed by atoms with Gasteiger partial charge in [-0.1, -0.05) is 6.92 Å². The molecule has 0 amide bonds. The van der Waals surface area contributed by atoms with Crippen LogP contribution in [-0.4, -0.2) is 6.54 Å². The summed E-state index contributed by atoms with van der Waals surface area (Å²) in [5, 5.41) is 0. The highest BCUT2D eigenvalue weighted by molar-refractivity contribution is 9.10. The standard InChI is InChI=1S/C11H18BrNS/c1-8(5-6-13)3-4-10-7-11(12)9(2)14-10/h7-8H,3-6,13H2,1-2H3. The summed E-state index contributed by atoms with van der Waals surface area (Å²) in [6.45, 7) is 5.25. The summed E-state index contributed by atoms with van der Waals surface area (Å²) in [5.41, 5.74) is 5.52. The monoisotopic (exact) mass is 275 g/mol. The van der Waals surface area contributed by atoms with E-state index in [1.807, 2.05) is 11.3 Å². The summed E-state index contributed by atoms with van der Waals surface area (Å²) in [7, 11) is 0. The zero-order valence-corrected chi connectivity index (χ0v) is 11.2. The fraction of sp³-hybridized carbons (Fsp3) is 0.636. The van der Waals surface area contributed by atoms with E-state index in [0.717, 1.165) is 18.9 Å². The normalized spacial score (nSPS) is 13.1. The second-order valence-electron chi connectivity index (χ2n) is 3.84. The van der Waals surface area contributed by atoms with Crippen LogP contribution in [0.4, 0.5) is 0 Å². The van der Waals surface area contributed by atoms with Crippen molar-refractivity contribution >= 4 is 27.3 Å². The van der Waals surface area contributed by atoms with E-state index in [1.165, 1.54) is 27.1 Å². The minimum Gasteiger partial charge on any atom is -0.330 e. The minimum absolute atomic E-state index is 0.751. The van der Waals surface area contributed by atoms with Crippen molar-refractivity contribution in [3.63, 3.8) is 0 Å². The van der Waals surface area contributed by atoms with Crippen molar-refractivity contribution < 1.29 is 0 Å². The number of nitrogens with two attached hydrogens (primary N) is 1. The van der Waals surface area contributed by atoms with Crippen molar-refractivity contribution in [1.29, 1.82) is 0 Å². The Morgan fingerprint density at radius 2 is 2.21 bits per heavy atom. The fourth-order valence-corrected chi connectivity index (χ4v) is 3.08. The molecular weight excluding hydrogens is 258 g/mol. The van der Waals surface area contributed by atoms with Crippen LogP contribution >= 0.6 is 27.3 Å². The van der Waals surface area contributed by atoms with Crippen molar-refractivity contribution in [1.82, 2.24) is 0 Å². The summed E-state index contributed by atoms with van der Waals surface area (Å²) in [5.74, 6) is 0.751. The number of aryl methyl sites for hydroxylation is 2. The Balaban J connectivity index is 2.38. The Bertz CT molecular complexity index is 263. The second-order valence-corrected chi connectivity index (χ2v) is 6.03. The van der Waals surface area contributed by atoms with E-state index >= 15 is 0 Å². The number of thiophene rings is 1. The molecule has 0 aliphatic carbocycles. The van der Waals surface area contributed by atoms with E-state index in [-0.39, 0.29) is 0 Å². The van der Waals surface area contributed by atoms with Gasteiger partial charge in [-0.05, 0) is 60.6 Å². The molecule has 0 fully saturated rings. The van der Waals surface area contributed by atoms with Crippen LogP contribution in [-0.2, 0) is 6.42 Å². The molecule has 0 radical (unpaired) electrons. The molecule has 0 saturated carbocycles. The van der Waals surface area contributed by atoms with Gasteiger partial charge in [0.2, 0.25) is 0 Å². The van der Waals surface area contributed by atoms with Gasteiger partial charge in [-0.3, -0.25) is 0 Å². The second kappa shape index (κ2) is 5.89. The summed E-state index contributed by atoms with van der Waals surface area (Å²) in [4.78, 5) is 2.87. The summed E-state index contributed by atoms with van der Waals surface area (Å²) in [6, 6.07) is 2.25. The maximum absolute atomic E-state index is 5.52. The van der Waals surface area contributed by atoms with Gasteiger partial charge >= 0.3 is 0 Å². The summed E-state index contributed by atoms with van der Waals surface area (Å²) < 4.78 is 1.25. The Hall–Kier alpha value is 0.140. The zero-order valence-electron chi connectivity index (χ0n) is 8.85. The highest BCUT2D eigenvalue weighted by Gasteiger charge is 2.05. The Morgan fingerprint density at radius 3 is 2.71 bits per heavy atom. The van der Waals surface area contributed by atoms with Gasteiger partial charge in [0, 0.05) is 14.2 Å². The molecule has 1 atom stereocenters. The van der Waals surface area contributed by atoms with E-state index in [4.69, 9.17) is 5.73 Å². The van der Waals surface area contributed by atoms with Crippen LogP contribution in [0.1, 0.15) is 29.5 Å². The molecule has 3 heteroatoms. The SMILES string of the molecule is Cc1sc(CCC(C)CCN)cc1Br. The predicted molar refractivity (Wildman–Crippen MR) is 67.9 cm³/mol. The quantitative estimate of drug-likeness (QED) is 0.871. The number of halogens is 1. The first-order chi connectivity index (χ1) is 6.63. The van der Waals surface area contributed by atoms with Crippen molar-refractivity contribution in [3.8, 4) is 0 Å². The minimum atomic E-state index is 0.751. The Labute approximate surface area is 98.8 Å². The molecule has 0 bridgehead atoms. The van der Waals surface area contributed by atoms with E-state index in [1.54, 1.807) is 0 Å². The molecule has 1 rings (SSSR count). The van der Waals surface area contributed by atoms with E-state index in [9.17, 15) is 0 Å². The van der Waals surface area contributed by atoms with E-state index < -0.39 is 0 Å². The maximum Gasteiger partial charge on any atom is 0.0314 e. The van der Waals surface area contributed by atoms with Crippen LogP contribution in [0.3, 0.4) is 0 Å². The molecule has 0 aliphatic rings.